The molecule has 4 N–H and O–H groups in total. The highest BCUT2D eigenvalue weighted by Crippen LogP contribution is 2.20. The summed E-state index contributed by atoms with van der Waals surface area (Å²) in [6.45, 7) is 5.52. The Morgan fingerprint density at radius 2 is 1.96 bits per heavy atom. The summed E-state index contributed by atoms with van der Waals surface area (Å²) in [5.74, 6) is 0. The molecule has 2 rings (SSSR count). The summed E-state index contributed by atoms with van der Waals surface area (Å²) in [6.07, 6.45) is 1.14. The molecular formula is C18H25N3O4S. The number of rotatable bonds is 6. The van der Waals surface area contributed by atoms with Crippen LogP contribution in [0.25, 0.3) is 5.69 Å². The highest BCUT2D eigenvalue weighted by atomic mass is 32.1. The Morgan fingerprint density at radius 3 is 2.50 bits per heavy atom. The Kier molecular flexibility index (Phi) is 6.57. The molecule has 0 aliphatic carbocycles. The molecular weight excluding hydrogens is 354 g/mol. The first-order chi connectivity index (χ1) is 12.2. The Labute approximate surface area is 157 Å². The molecule has 0 aliphatic heterocycles. The molecule has 0 fully saturated rings. The van der Waals surface area contributed by atoms with E-state index < -0.39 is 23.9 Å². The summed E-state index contributed by atoms with van der Waals surface area (Å²) >= 11 is 5.17. The molecule has 7 nitrogen and oxygen atoms in total. The maximum atomic E-state index is 11.6. The van der Waals surface area contributed by atoms with E-state index >= 15 is 0 Å². The first-order valence-electron chi connectivity index (χ1n) is 8.37. The molecule has 8 heteroatoms. The van der Waals surface area contributed by atoms with E-state index in [0.717, 1.165) is 5.69 Å². The molecule has 0 saturated carbocycles. The van der Waals surface area contributed by atoms with E-state index in [2.05, 4.69) is 10.3 Å². The Balaban J connectivity index is 1.88. The number of nitrogens with zero attached hydrogens (tertiary/aromatic N) is 1. The van der Waals surface area contributed by atoms with Gasteiger partial charge in [0, 0.05) is 24.6 Å². The summed E-state index contributed by atoms with van der Waals surface area (Å²) in [6, 6.07) is 7.10. The second-order valence-electron chi connectivity index (χ2n) is 6.96. The van der Waals surface area contributed by atoms with Crippen molar-refractivity contribution in [2.75, 3.05) is 6.54 Å². The number of aliphatic hydroxyl groups is 2. The van der Waals surface area contributed by atoms with Crippen LogP contribution in [-0.4, -0.2) is 44.1 Å². The predicted octanol–water partition coefficient (Wildman–Crippen LogP) is 2.84. The van der Waals surface area contributed by atoms with Crippen molar-refractivity contribution in [1.82, 2.24) is 14.9 Å². The van der Waals surface area contributed by atoms with Gasteiger partial charge in [0.1, 0.15) is 11.7 Å². The second kappa shape index (κ2) is 8.48. The summed E-state index contributed by atoms with van der Waals surface area (Å²) in [5, 5.41) is 23.0. The van der Waals surface area contributed by atoms with Crippen LogP contribution in [0.1, 0.15) is 38.9 Å². The number of carbonyl (C=O) groups excluding carboxylic acids is 1. The molecule has 0 aliphatic rings. The smallest absolute Gasteiger partial charge is 0.407 e. The molecule has 1 aromatic heterocycles. The zero-order chi connectivity index (χ0) is 19.3. The van der Waals surface area contributed by atoms with Gasteiger partial charge in [0.15, 0.2) is 4.77 Å². The number of aromatic amines is 1. The van der Waals surface area contributed by atoms with Crippen molar-refractivity contribution in [2.45, 2.75) is 45.0 Å². The average molecular weight is 379 g/mol. The number of benzene rings is 1. The number of hydrogen-bond acceptors (Lipinski definition) is 5. The van der Waals surface area contributed by atoms with Gasteiger partial charge in [0.25, 0.3) is 0 Å². The zero-order valence-corrected chi connectivity index (χ0v) is 15.9. The van der Waals surface area contributed by atoms with Gasteiger partial charge in [-0.05, 0) is 57.1 Å². The van der Waals surface area contributed by atoms with Crippen LogP contribution in [0.5, 0.6) is 0 Å². The number of imidazole rings is 1. The maximum absolute atomic E-state index is 11.6. The fraction of sp³-hybridized carbons (Fsp3) is 0.444. The topological polar surface area (TPSA) is 99.5 Å². The third-order valence-corrected chi connectivity index (χ3v) is 3.95. The fourth-order valence-electron chi connectivity index (χ4n) is 2.37. The molecule has 1 amide bonds. The summed E-state index contributed by atoms with van der Waals surface area (Å²) in [7, 11) is 0. The quantitative estimate of drug-likeness (QED) is 0.579. The van der Waals surface area contributed by atoms with Crippen LogP contribution in [0.2, 0.25) is 0 Å². The van der Waals surface area contributed by atoms with Gasteiger partial charge in [-0.1, -0.05) is 12.1 Å². The lowest BCUT2D eigenvalue weighted by atomic mass is 10.0. The van der Waals surface area contributed by atoms with Crippen LogP contribution in [-0.2, 0) is 4.74 Å². The van der Waals surface area contributed by atoms with Crippen LogP contribution in [0.3, 0.4) is 0 Å². The number of aromatic nitrogens is 2. The molecule has 2 atom stereocenters. The van der Waals surface area contributed by atoms with Crippen molar-refractivity contribution in [2.24, 2.45) is 0 Å². The Hall–Kier alpha value is -2.16. The number of hydrogen-bond donors (Lipinski definition) is 4. The minimum atomic E-state index is -1.05. The second-order valence-corrected chi connectivity index (χ2v) is 7.34. The van der Waals surface area contributed by atoms with Gasteiger partial charge in [-0.15, -0.1) is 0 Å². The van der Waals surface area contributed by atoms with E-state index in [0.29, 0.717) is 10.3 Å². The Bertz CT molecular complexity index is 777. The minimum absolute atomic E-state index is 0.198. The van der Waals surface area contributed by atoms with Gasteiger partial charge >= 0.3 is 6.09 Å². The first kappa shape index (κ1) is 20.2. The predicted molar refractivity (Wildman–Crippen MR) is 101 cm³/mol. The molecule has 0 bridgehead atoms. The lowest BCUT2D eigenvalue weighted by Gasteiger charge is -2.21. The van der Waals surface area contributed by atoms with Gasteiger partial charge in [-0.2, -0.15) is 0 Å². The van der Waals surface area contributed by atoms with Gasteiger partial charge in [0.05, 0.1) is 6.10 Å². The zero-order valence-electron chi connectivity index (χ0n) is 15.1. The third kappa shape index (κ3) is 5.69. The summed E-state index contributed by atoms with van der Waals surface area (Å²) in [4.78, 5) is 14.5. The molecule has 0 radical (unpaired) electrons. The standard InChI is InChI=1S/C18H25N3O4S/c1-18(2,3)25-17(24)20-9-8-14(22)15(23)12-4-6-13(7-5-12)21-11-10-19-16(21)26/h4-7,10-11,14-15,22-23H,8-9H2,1-3H3,(H,19,26)(H,20,24). The lowest BCUT2D eigenvalue weighted by Crippen LogP contribution is -2.34. The lowest BCUT2D eigenvalue weighted by molar-refractivity contribution is 0.0123. The number of ether oxygens (including phenoxy) is 1. The van der Waals surface area contributed by atoms with Crippen molar-refractivity contribution >= 4 is 18.3 Å². The molecule has 26 heavy (non-hydrogen) atoms. The largest absolute Gasteiger partial charge is 0.444 e. The maximum Gasteiger partial charge on any atom is 0.407 e. The summed E-state index contributed by atoms with van der Waals surface area (Å²) in [5.41, 5.74) is 0.862. The number of nitrogens with one attached hydrogen (secondary N) is 2. The van der Waals surface area contributed by atoms with E-state index in [1.54, 1.807) is 43.7 Å². The molecule has 2 aromatic rings. The number of aliphatic hydroxyl groups excluding tert-OH is 2. The fourth-order valence-corrected chi connectivity index (χ4v) is 2.61. The van der Waals surface area contributed by atoms with Crippen LogP contribution < -0.4 is 5.32 Å². The minimum Gasteiger partial charge on any atom is -0.444 e. The van der Waals surface area contributed by atoms with E-state index in [9.17, 15) is 15.0 Å². The number of amides is 1. The Morgan fingerprint density at radius 1 is 1.31 bits per heavy atom. The van der Waals surface area contributed by atoms with Crippen molar-refractivity contribution in [3.05, 3.63) is 47.0 Å². The SMILES string of the molecule is CC(C)(C)OC(=O)NCCC(O)C(O)c1ccc(-n2cc[nH]c2=S)cc1. The first-order valence-corrected chi connectivity index (χ1v) is 8.77. The summed E-state index contributed by atoms with van der Waals surface area (Å²) < 4.78 is 7.49. The van der Waals surface area contributed by atoms with E-state index in [-0.39, 0.29) is 13.0 Å². The van der Waals surface area contributed by atoms with Crippen molar-refractivity contribution in [3.63, 3.8) is 0 Å². The molecule has 142 valence electrons. The van der Waals surface area contributed by atoms with Gasteiger partial charge in [-0.25, -0.2) is 4.79 Å². The van der Waals surface area contributed by atoms with Crippen LogP contribution in [0, 0.1) is 4.77 Å². The van der Waals surface area contributed by atoms with Crippen molar-refractivity contribution in [1.29, 1.82) is 0 Å². The molecule has 0 saturated heterocycles. The monoisotopic (exact) mass is 379 g/mol. The molecule has 2 unspecified atom stereocenters. The number of carbonyl (C=O) groups is 1. The van der Waals surface area contributed by atoms with Crippen molar-refractivity contribution in [3.8, 4) is 5.69 Å². The highest BCUT2D eigenvalue weighted by Gasteiger charge is 2.20. The van der Waals surface area contributed by atoms with E-state index in [1.165, 1.54) is 0 Å². The van der Waals surface area contributed by atoms with Crippen LogP contribution >= 0.6 is 12.2 Å². The molecule has 1 aromatic carbocycles. The van der Waals surface area contributed by atoms with E-state index in [1.807, 2.05) is 18.3 Å². The molecule has 1 heterocycles. The van der Waals surface area contributed by atoms with Crippen LogP contribution in [0.15, 0.2) is 36.7 Å². The number of alkyl carbamates (subject to hydrolysis) is 1. The van der Waals surface area contributed by atoms with Crippen molar-refractivity contribution < 1.29 is 19.7 Å². The molecule has 0 spiro atoms. The highest BCUT2D eigenvalue weighted by molar-refractivity contribution is 7.71. The van der Waals surface area contributed by atoms with Gasteiger partial charge < -0.3 is 25.3 Å². The van der Waals surface area contributed by atoms with E-state index in [4.69, 9.17) is 17.0 Å². The average Bonchev–Trinajstić information content (AvgIpc) is 2.98. The van der Waals surface area contributed by atoms with Crippen LogP contribution in [0.4, 0.5) is 4.79 Å². The number of H-pyrrole nitrogens is 1. The third-order valence-electron chi connectivity index (χ3n) is 3.63. The van der Waals surface area contributed by atoms with Gasteiger partial charge in [0.2, 0.25) is 0 Å². The van der Waals surface area contributed by atoms with Gasteiger partial charge in [-0.3, -0.25) is 4.57 Å². The normalized spacial score (nSPS) is 13.9.